The van der Waals surface area contributed by atoms with Crippen molar-refractivity contribution in [1.29, 1.82) is 0 Å². The predicted octanol–water partition coefficient (Wildman–Crippen LogP) is 4.58. The first-order valence-corrected chi connectivity index (χ1v) is 11.1. The minimum atomic E-state index is -3.05. The maximum atomic E-state index is 12.0. The first-order valence-electron chi connectivity index (χ1n) is 9.43. The van der Waals surface area contributed by atoms with Crippen LogP contribution in [0.4, 0.5) is 0 Å². The lowest BCUT2D eigenvalue weighted by Crippen LogP contribution is -2.15. The van der Waals surface area contributed by atoms with E-state index in [1.807, 2.05) is 30.3 Å². The van der Waals surface area contributed by atoms with Crippen molar-refractivity contribution in [1.82, 2.24) is 0 Å². The van der Waals surface area contributed by atoms with Crippen molar-refractivity contribution < 1.29 is 13.2 Å². The highest BCUT2D eigenvalue weighted by Gasteiger charge is 2.21. The third-order valence-corrected chi connectivity index (χ3v) is 7.06. The van der Waals surface area contributed by atoms with Gasteiger partial charge in [0.15, 0.2) is 9.84 Å². The minimum Gasteiger partial charge on any atom is -0.493 e. The van der Waals surface area contributed by atoms with Gasteiger partial charge in [-0.3, -0.25) is 0 Å². The highest BCUT2D eigenvalue weighted by Crippen LogP contribution is 2.29. The zero-order chi connectivity index (χ0) is 18.6. The third kappa shape index (κ3) is 5.60. The molecule has 0 saturated heterocycles. The average molecular weight is 373 g/mol. The number of rotatable bonds is 9. The van der Waals surface area contributed by atoms with E-state index in [1.165, 1.54) is 24.0 Å². The summed E-state index contributed by atoms with van der Waals surface area (Å²) in [7, 11) is -3.05. The van der Waals surface area contributed by atoms with Crippen molar-refractivity contribution in [3.63, 3.8) is 0 Å². The van der Waals surface area contributed by atoms with Crippen molar-refractivity contribution in [2.24, 2.45) is 5.92 Å². The number of benzene rings is 2. The molecule has 1 aliphatic carbocycles. The van der Waals surface area contributed by atoms with E-state index >= 15 is 0 Å². The van der Waals surface area contributed by atoms with E-state index in [0.29, 0.717) is 0 Å². The van der Waals surface area contributed by atoms with Crippen LogP contribution in [-0.4, -0.2) is 20.3 Å². The van der Waals surface area contributed by atoms with Crippen LogP contribution in [0.15, 0.2) is 48.5 Å². The Morgan fingerprint density at radius 2 is 1.62 bits per heavy atom. The van der Waals surface area contributed by atoms with Gasteiger partial charge in [0.1, 0.15) is 5.75 Å². The number of hydrogen-bond acceptors (Lipinski definition) is 3. The van der Waals surface area contributed by atoms with Crippen molar-refractivity contribution in [3.8, 4) is 5.75 Å². The molecular formula is C22H28O3S. The van der Waals surface area contributed by atoms with Crippen molar-refractivity contribution in [2.45, 2.75) is 50.5 Å². The number of hydrogen-bond donors (Lipinski definition) is 0. The molecule has 1 aliphatic rings. The maximum absolute atomic E-state index is 12.0. The summed E-state index contributed by atoms with van der Waals surface area (Å²) < 4.78 is 29.9. The molecule has 0 atom stereocenters. The molecule has 4 heteroatoms. The molecule has 3 rings (SSSR count). The Labute approximate surface area is 157 Å². The molecule has 2 aromatic rings. The summed E-state index contributed by atoms with van der Waals surface area (Å²) in [6.07, 6.45) is 4.48. The second kappa shape index (κ2) is 8.26. The molecule has 0 aromatic heterocycles. The topological polar surface area (TPSA) is 43.4 Å². The van der Waals surface area contributed by atoms with Gasteiger partial charge in [-0.25, -0.2) is 8.42 Å². The summed E-state index contributed by atoms with van der Waals surface area (Å²) in [5, 5.41) is -0.336. The molecule has 0 radical (unpaired) electrons. The SMILES string of the molecule is CC(C)S(=O)(=O)Cc1ccc(CCc2cccc(OCC3CC3)c2)cc1. The molecule has 1 saturated carbocycles. The Kier molecular flexibility index (Phi) is 6.02. The molecule has 0 N–H and O–H groups in total. The standard InChI is InChI=1S/C22H28O3S/c1-17(2)26(23,24)16-21-12-7-18(8-13-21)6-9-19-4-3-5-22(14-19)25-15-20-10-11-20/h3-5,7-8,12-14,17,20H,6,9-11,15-16H2,1-2H3. The van der Waals surface area contributed by atoms with Crippen molar-refractivity contribution >= 4 is 9.84 Å². The van der Waals surface area contributed by atoms with Gasteiger partial charge in [-0.1, -0.05) is 36.4 Å². The molecule has 26 heavy (non-hydrogen) atoms. The van der Waals surface area contributed by atoms with Crippen LogP contribution in [-0.2, 0) is 28.4 Å². The second-order valence-electron chi connectivity index (χ2n) is 7.57. The number of sulfone groups is 1. The van der Waals surface area contributed by atoms with Crippen molar-refractivity contribution in [3.05, 3.63) is 65.2 Å². The molecule has 3 nitrogen and oxygen atoms in total. The first kappa shape index (κ1) is 19.0. The quantitative estimate of drug-likeness (QED) is 0.647. The molecule has 140 valence electrons. The first-order chi connectivity index (χ1) is 12.4. The van der Waals surface area contributed by atoms with Crippen LogP contribution in [0.1, 0.15) is 43.4 Å². The molecular weight excluding hydrogens is 344 g/mol. The van der Waals surface area contributed by atoms with E-state index in [2.05, 4.69) is 18.2 Å². The summed E-state index contributed by atoms with van der Waals surface area (Å²) >= 11 is 0. The Bertz CT molecular complexity index is 819. The fourth-order valence-electron chi connectivity index (χ4n) is 2.78. The zero-order valence-corrected chi connectivity index (χ0v) is 16.5. The second-order valence-corrected chi connectivity index (χ2v) is 10.1. The van der Waals surface area contributed by atoms with Gasteiger partial charge >= 0.3 is 0 Å². The minimum absolute atomic E-state index is 0.116. The Morgan fingerprint density at radius 3 is 2.27 bits per heavy atom. The molecule has 0 amide bonds. The summed E-state index contributed by atoms with van der Waals surface area (Å²) in [4.78, 5) is 0. The van der Waals surface area contributed by atoms with Crippen LogP contribution in [0, 0.1) is 5.92 Å². The molecule has 0 aliphatic heterocycles. The summed E-state index contributed by atoms with van der Waals surface area (Å²) in [6, 6.07) is 16.3. The van der Waals surface area contributed by atoms with Gasteiger partial charge in [0, 0.05) is 0 Å². The fourth-order valence-corrected chi connectivity index (χ4v) is 3.77. The third-order valence-electron chi connectivity index (χ3n) is 4.89. The van der Waals surface area contributed by atoms with E-state index in [4.69, 9.17) is 4.74 Å². The van der Waals surface area contributed by atoms with E-state index in [9.17, 15) is 8.42 Å². The lowest BCUT2D eigenvalue weighted by Gasteiger charge is -2.09. The number of ether oxygens (including phenoxy) is 1. The number of aryl methyl sites for hydroxylation is 2. The monoisotopic (exact) mass is 372 g/mol. The highest BCUT2D eigenvalue weighted by atomic mass is 32.2. The van der Waals surface area contributed by atoms with Gasteiger partial charge in [0.05, 0.1) is 17.6 Å². The summed E-state index contributed by atoms with van der Waals surface area (Å²) in [5.74, 6) is 1.84. The van der Waals surface area contributed by atoms with Gasteiger partial charge in [0.2, 0.25) is 0 Å². The van der Waals surface area contributed by atoms with E-state index < -0.39 is 9.84 Å². The lowest BCUT2D eigenvalue weighted by atomic mass is 10.0. The van der Waals surface area contributed by atoms with Gasteiger partial charge in [-0.2, -0.15) is 0 Å². The predicted molar refractivity (Wildman–Crippen MR) is 106 cm³/mol. The van der Waals surface area contributed by atoms with E-state index in [1.54, 1.807) is 13.8 Å². The lowest BCUT2D eigenvalue weighted by molar-refractivity contribution is 0.299. The van der Waals surface area contributed by atoms with Gasteiger partial charge in [-0.05, 0) is 74.3 Å². The average Bonchev–Trinajstić information content (AvgIpc) is 3.44. The molecule has 1 fully saturated rings. The Balaban J connectivity index is 1.53. The summed E-state index contributed by atoms with van der Waals surface area (Å²) in [5.41, 5.74) is 3.35. The highest BCUT2D eigenvalue weighted by molar-refractivity contribution is 7.91. The normalized spacial score (nSPS) is 14.6. The van der Waals surface area contributed by atoms with Crippen LogP contribution in [0.5, 0.6) is 5.75 Å². The Hall–Kier alpha value is -1.81. The van der Waals surface area contributed by atoms with Crippen LogP contribution in [0.25, 0.3) is 0 Å². The molecule has 0 spiro atoms. The van der Waals surface area contributed by atoms with E-state index in [-0.39, 0.29) is 11.0 Å². The van der Waals surface area contributed by atoms with Gasteiger partial charge < -0.3 is 4.74 Å². The summed E-state index contributed by atoms with van der Waals surface area (Å²) in [6.45, 7) is 4.29. The van der Waals surface area contributed by atoms with Crippen LogP contribution in [0.2, 0.25) is 0 Å². The van der Waals surface area contributed by atoms with Crippen LogP contribution < -0.4 is 4.74 Å². The van der Waals surface area contributed by atoms with Crippen molar-refractivity contribution in [2.75, 3.05) is 6.61 Å². The van der Waals surface area contributed by atoms with Gasteiger partial charge in [0.25, 0.3) is 0 Å². The zero-order valence-electron chi connectivity index (χ0n) is 15.6. The van der Waals surface area contributed by atoms with Crippen LogP contribution >= 0.6 is 0 Å². The largest absolute Gasteiger partial charge is 0.493 e. The Morgan fingerprint density at radius 1 is 0.962 bits per heavy atom. The molecule has 0 bridgehead atoms. The van der Waals surface area contributed by atoms with Gasteiger partial charge in [-0.15, -0.1) is 0 Å². The molecule has 2 aromatic carbocycles. The van der Waals surface area contributed by atoms with Crippen LogP contribution in [0.3, 0.4) is 0 Å². The fraction of sp³-hybridized carbons (Fsp3) is 0.455. The maximum Gasteiger partial charge on any atom is 0.156 e. The molecule has 0 heterocycles. The molecule has 0 unspecified atom stereocenters. The smallest absolute Gasteiger partial charge is 0.156 e. The van der Waals surface area contributed by atoms with E-state index in [0.717, 1.165) is 36.7 Å².